The summed E-state index contributed by atoms with van der Waals surface area (Å²) in [4.78, 5) is 4.14. The summed E-state index contributed by atoms with van der Waals surface area (Å²) in [7, 11) is -3.46. The quantitative estimate of drug-likeness (QED) is 0.823. The molecule has 0 atom stereocenters. The van der Waals surface area contributed by atoms with E-state index in [1.807, 2.05) is 23.8 Å². The van der Waals surface area contributed by atoms with Crippen LogP contribution in [0.15, 0.2) is 46.2 Å². The molecule has 0 bridgehead atoms. The van der Waals surface area contributed by atoms with Gasteiger partial charge < -0.3 is 0 Å². The number of aromatic nitrogens is 1. The van der Waals surface area contributed by atoms with E-state index in [9.17, 15) is 8.42 Å². The Morgan fingerprint density at radius 2 is 2.21 bits per heavy atom. The van der Waals surface area contributed by atoms with Crippen LogP contribution in [0.3, 0.4) is 0 Å². The van der Waals surface area contributed by atoms with Crippen LogP contribution >= 0.6 is 11.3 Å². The van der Waals surface area contributed by atoms with Gasteiger partial charge in [-0.3, -0.25) is 4.98 Å². The molecule has 0 saturated heterocycles. The lowest BCUT2D eigenvalue weighted by molar-refractivity contribution is 0.406. The molecule has 0 saturated carbocycles. The summed E-state index contributed by atoms with van der Waals surface area (Å²) in [6.07, 6.45) is 3.75. The molecule has 0 aliphatic heterocycles. The zero-order valence-corrected chi connectivity index (χ0v) is 12.3. The van der Waals surface area contributed by atoms with Crippen molar-refractivity contribution < 1.29 is 8.42 Å². The van der Waals surface area contributed by atoms with Gasteiger partial charge in [0.1, 0.15) is 4.90 Å². The smallest absolute Gasteiger partial charge is 0.244 e. The van der Waals surface area contributed by atoms with E-state index >= 15 is 0 Å². The van der Waals surface area contributed by atoms with Gasteiger partial charge in [-0.2, -0.15) is 15.6 Å². The van der Waals surface area contributed by atoms with Gasteiger partial charge in [0.2, 0.25) is 10.0 Å². The second-order valence-corrected chi connectivity index (χ2v) is 6.88. The fraction of sp³-hybridized carbons (Fsp3) is 0.308. The Morgan fingerprint density at radius 3 is 2.79 bits per heavy atom. The van der Waals surface area contributed by atoms with Crippen molar-refractivity contribution in [3.63, 3.8) is 0 Å². The molecule has 2 heterocycles. The third kappa shape index (κ3) is 3.40. The standard InChI is InChI=1S/C13H16N2O2S2/c1-2-7-15(10-12-5-8-18-11-12)19(16,17)13-4-3-6-14-9-13/h3-6,8-9,11H,2,7,10H2,1H3. The van der Waals surface area contributed by atoms with Gasteiger partial charge >= 0.3 is 0 Å². The summed E-state index contributed by atoms with van der Waals surface area (Å²) in [5, 5.41) is 3.93. The van der Waals surface area contributed by atoms with Gasteiger partial charge in [-0.1, -0.05) is 6.92 Å². The first-order valence-corrected chi connectivity index (χ1v) is 8.44. The van der Waals surface area contributed by atoms with Gasteiger partial charge in [0, 0.05) is 25.5 Å². The summed E-state index contributed by atoms with van der Waals surface area (Å²) >= 11 is 1.57. The lowest BCUT2D eigenvalue weighted by atomic mass is 10.3. The van der Waals surface area contributed by atoms with Crippen molar-refractivity contribution in [1.82, 2.24) is 9.29 Å². The van der Waals surface area contributed by atoms with E-state index in [-0.39, 0.29) is 4.90 Å². The Bertz CT molecular complexity index is 595. The molecule has 19 heavy (non-hydrogen) atoms. The molecule has 2 aromatic heterocycles. The molecule has 0 aromatic carbocycles. The molecule has 0 aliphatic carbocycles. The van der Waals surface area contributed by atoms with Crippen LogP contribution in [0.2, 0.25) is 0 Å². The molecule has 0 aliphatic rings. The van der Waals surface area contributed by atoms with Crippen LogP contribution in [-0.2, 0) is 16.6 Å². The van der Waals surface area contributed by atoms with Crippen molar-refractivity contribution in [2.75, 3.05) is 6.54 Å². The lowest BCUT2D eigenvalue weighted by Gasteiger charge is -2.21. The molecule has 0 spiro atoms. The van der Waals surface area contributed by atoms with Gasteiger partial charge in [0.05, 0.1) is 0 Å². The third-order valence-corrected chi connectivity index (χ3v) is 5.24. The average molecular weight is 296 g/mol. The zero-order chi connectivity index (χ0) is 13.7. The molecular weight excluding hydrogens is 280 g/mol. The highest BCUT2D eigenvalue weighted by atomic mass is 32.2. The molecule has 0 N–H and O–H groups in total. The SMILES string of the molecule is CCCN(Cc1ccsc1)S(=O)(=O)c1cccnc1. The van der Waals surface area contributed by atoms with E-state index in [0.29, 0.717) is 13.1 Å². The number of hydrogen-bond donors (Lipinski definition) is 0. The number of rotatable bonds is 6. The Hall–Kier alpha value is -1.24. The van der Waals surface area contributed by atoms with Crippen LogP contribution in [0.5, 0.6) is 0 Å². The summed E-state index contributed by atoms with van der Waals surface area (Å²) in [5.41, 5.74) is 1.02. The maximum atomic E-state index is 12.5. The highest BCUT2D eigenvalue weighted by Gasteiger charge is 2.24. The first kappa shape index (κ1) is 14.2. The molecule has 0 fully saturated rings. The normalized spacial score (nSPS) is 11.9. The molecular formula is C13H16N2O2S2. The highest BCUT2D eigenvalue weighted by molar-refractivity contribution is 7.89. The topological polar surface area (TPSA) is 50.3 Å². The van der Waals surface area contributed by atoms with E-state index in [1.165, 1.54) is 10.5 Å². The van der Waals surface area contributed by atoms with Crippen LogP contribution in [0.25, 0.3) is 0 Å². The lowest BCUT2D eigenvalue weighted by Crippen LogP contribution is -2.31. The first-order chi connectivity index (χ1) is 9.14. The Morgan fingerprint density at radius 1 is 1.37 bits per heavy atom. The molecule has 0 unspecified atom stereocenters. The number of thiophene rings is 1. The highest BCUT2D eigenvalue weighted by Crippen LogP contribution is 2.18. The predicted molar refractivity (Wildman–Crippen MR) is 76.4 cm³/mol. The van der Waals surface area contributed by atoms with Crippen LogP contribution in [0, 0.1) is 0 Å². The molecule has 102 valence electrons. The molecule has 2 rings (SSSR count). The number of hydrogen-bond acceptors (Lipinski definition) is 4. The monoisotopic (exact) mass is 296 g/mol. The summed E-state index contributed by atoms with van der Waals surface area (Å²) < 4.78 is 26.6. The van der Waals surface area contributed by atoms with Gasteiger partial charge in [-0.15, -0.1) is 0 Å². The minimum Gasteiger partial charge on any atom is -0.263 e. The number of nitrogens with zero attached hydrogens (tertiary/aromatic N) is 2. The van der Waals surface area contributed by atoms with Crippen molar-refractivity contribution in [2.24, 2.45) is 0 Å². The second-order valence-electron chi connectivity index (χ2n) is 4.16. The van der Waals surface area contributed by atoms with Crippen LogP contribution in [0.4, 0.5) is 0 Å². The van der Waals surface area contributed by atoms with Gasteiger partial charge in [-0.25, -0.2) is 8.42 Å². The van der Waals surface area contributed by atoms with Gasteiger partial charge in [0.25, 0.3) is 0 Å². The van der Waals surface area contributed by atoms with E-state index in [1.54, 1.807) is 29.7 Å². The third-order valence-electron chi connectivity index (χ3n) is 2.68. The van der Waals surface area contributed by atoms with Gasteiger partial charge in [0.15, 0.2) is 0 Å². The van der Waals surface area contributed by atoms with E-state index in [0.717, 1.165) is 12.0 Å². The minimum atomic E-state index is -3.46. The molecule has 0 amide bonds. The fourth-order valence-corrected chi connectivity index (χ4v) is 3.91. The summed E-state index contributed by atoms with van der Waals surface area (Å²) in [6.45, 7) is 2.89. The van der Waals surface area contributed by atoms with Crippen molar-refractivity contribution in [3.8, 4) is 0 Å². The fourth-order valence-electron chi connectivity index (χ4n) is 1.77. The van der Waals surface area contributed by atoms with E-state index in [2.05, 4.69) is 4.98 Å². The maximum Gasteiger partial charge on any atom is 0.244 e. The average Bonchev–Trinajstić information content (AvgIpc) is 2.92. The Balaban J connectivity index is 2.28. The van der Waals surface area contributed by atoms with Crippen molar-refractivity contribution >= 4 is 21.4 Å². The van der Waals surface area contributed by atoms with Crippen molar-refractivity contribution in [1.29, 1.82) is 0 Å². The molecule has 2 aromatic rings. The van der Waals surface area contributed by atoms with Crippen LogP contribution in [0.1, 0.15) is 18.9 Å². The first-order valence-electron chi connectivity index (χ1n) is 6.06. The number of pyridine rings is 1. The maximum absolute atomic E-state index is 12.5. The summed E-state index contributed by atoms with van der Waals surface area (Å²) in [6, 6.07) is 5.17. The molecule has 0 radical (unpaired) electrons. The number of sulfonamides is 1. The minimum absolute atomic E-state index is 0.249. The Labute approximate surface area is 117 Å². The molecule has 4 nitrogen and oxygen atoms in total. The van der Waals surface area contributed by atoms with Crippen molar-refractivity contribution in [3.05, 3.63) is 46.9 Å². The molecule has 6 heteroatoms. The van der Waals surface area contributed by atoms with Crippen molar-refractivity contribution in [2.45, 2.75) is 24.8 Å². The van der Waals surface area contributed by atoms with Crippen LogP contribution < -0.4 is 0 Å². The van der Waals surface area contributed by atoms with Gasteiger partial charge in [-0.05, 0) is 40.9 Å². The van der Waals surface area contributed by atoms with E-state index in [4.69, 9.17) is 0 Å². The van der Waals surface area contributed by atoms with Crippen LogP contribution in [-0.4, -0.2) is 24.3 Å². The predicted octanol–water partition coefficient (Wildman–Crippen LogP) is 2.74. The summed E-state index contributed by atoms with van der Waals surface area (Å²) in [5.74, 6) is 0. The Kier molecular flexibility index (Phi) is 4.68. The van der Waals surface area contributed by atoms with E-state index < -0.39 is 10.0 Å². The zero-order valence-electron chi connectivity index (χ0n) is 10.7. The second kappa shape index (κ2) is 6.27. The largest absolute Gasteiger partial charge is 0.263 e.